The number of hydrogen-bond acceptors (Lipinski definition) is 1. The van der Waals surface area contributed by atoms with E-state index in [1.807, 2.05) is 6.07 Å². The molecular weight excluding hydrogens is 524 g/mol. The van der Waals surface area contributed by atoms with E-state index in [1.165, 1.54) is 54.6 Å². The average Bonchev–Trinajstić information content (AvgIpc) is 3.59. The van der Waals surface area contributed by atoms with Crippen LogP contribution in [0.3, 0.4) is 0 Å². The van der Waals surface area contributed by atoms with Crippen molar-refractivity contribution in [2.45, 2.75) is 0 Å². The van der Waals surface area contributed by atoms with E-state index in [0.717, 1.165) is 33.8 Å². The zero-order chi connectivity index (χ0) is 28.1. The first-order valence-electron chi connectivity index (χ1n) is 14.7. The lowest BCUT2D eigenvalue weighted by Crippen LogP contribution is -2.05. The highest BCUT2D eigenvalue weighted by atomic mass is 16.5. The number of para-hydroxylation sites is 5. The van der Waals surface area contributed by atoms with Gasteiger partial charge in [-0.2, -0.15) is 0 Å². The number of rotatable bonds is 2. The van der Waals surface area contributed by atoms with E-state index in [4.69, 9.17) is 4.74 Å². The van der Waals surface area contributed by atoms with E-state index in [2.05, 4.69) is 149 Å². The van der Waals surface area contributed by atoms with Crippen LogP contribution in [0, 0.1) is 0 Å². The monoisotopic (exact) mass is 548 g/mol. The summed E-state index contributed by atoms with van der Waals surface area (Å²) in [5, 5.41) is 7.37. The van der Waals surface area contributed by atoms with Gasteiger partial charge >= 0.3 is 0 Å². The predicted molar refractivity (Wildman–Crippen MR) is 178 cm³/mol. The van der Waals surface area contributed by atoms with Crippen molar-refractivity contribution in [3.05, 3.63) is 146 Å². The maximum atomic E-state index is 6.81. The fraction of sp³-hybridized carbons (Fsp3) is 0. The fourth-order valence-electron chi connectivity index (χ4n) is 7.33. The number of nitrogens with zero attached hydrogens (tertiary/aromatic N) is 2. The Kier molecular flexibility index (Phi) is 4.45. The third kappa shape index (κ3) is 2.98. The topological polar surface area (TPSA) is 19.1 Å². The minimum absolute atomic E-state index is 0.872. The molecular formula is C40H24N2O. The van der Waals surface area contributed by atoms with Crippen molar-refractivity contribution in [3.8, 4) is 34.0 Å². The molecule has 2 aromatic heterocycles. The van der Waals surface area contributed by atoms with Crippen molar-refractivity contribution < 1.29 is 4.74 Å². The quantitative estimate of drug-likeness (QED) is 0.210. The SMILES string of the molecule is c1ccc2c(c1)Oc1c(-c3ccc(-n4c5ccccc5c5ccccc54)c4ccccc34)ccc3c4ccccc4n-2c13. The average molecular weight is 549 g/mol. The van der Waals surface area contributed by atoms with Gasteiger partial charge in [0.15, 0.2) is 11.5 Å². The van der Waals surface area contributed by atoms with Crippen molar-refractivity contribution in [1.29, 1.82) is 0 Å². The molecule has 3 nitrogen and oxygen atoms in total. The molecule has 0 fully saturated rings. The van der Waals surface area contributed by atoms with Crippen LogP contribution >= 0.6 is 0 Å². The Morgan fingerprint density at radius 1 is 0.349 bits per heavy atom. The summed E-state index contributed by atoms with van der Waals surface area (Å²) in [5.41, 5.74) is 9.23. The van der Waals surface area contributed by atoms with E-state index in [-0.39, 0.29) is 0 Å². The van der Waals surface area contributed by atoms with Gasteiger partial charge < -0.3 is 13.9 Å². The molecule has 0 radical (unpaired) electrons. The second kappa shape index (κ2) is 8.37. The van der Waals surface area contributed by atoms with Gasteiger partial charge in [0.2, 0.25) is 0 Å². The molecule has 43 heavy (non-hydrogen) atoms. The van der Waals surface area contributed by atoms with Crippen LogP contribution in [-0.4, -0.2) is 9.13 Å². The minimum atomic E-state index is 0.872. The highest BCUT2D eigenvalue weighted by Gasteiger charge is 2.27. The first-order chi connectivity index (χ1) is 21.4. The van der Waals surface area contributed by atoms with Crippen LogP contribution in [0.5, 0.6) is 11.5 Å². The van der Waals surface area contributed by atoms with Gasteiger partial charge in [0.25, 0.3) is 0 Å². The first kappa shape index (κ1) is 22.8. The van der Waals surface area contributed by atoms with Gasteiger partial charge in [0.05, 0.1) is 33.4 Å². The molecule has 0 unspecified atom stereocenters. The molecule has 3 heterocycles. The number of fused-ring (bicyclic) bond motifs is 9. The highest BCUT2D eigenvalue weighted by Crippen LogP contribution is 2.50. The molecule has 200 valence electrons. The second-order valence-electron chi connectivity index (χ2n) is 11.3. The summed E-state index contributed by atoms with van der Waals surface area (Å²) in [7, 11) is 0. The predicted octanol–water partition coefficient (Wildman–Crippen LogP) is 10.8. The van der Waals surface area contributed by atoms with Crippen LogP contribution in [0.15, 0.2) is 146 Å². The summed E-state index contributed by atoms with van der Waals surface area (Å²) < 4.78 is 11.6. The third-order valence-electron chi connectivity index (χ3n) is 9.12. The smallest absolute Gasteiger partial charge is 0.160 e. The third-order valence-corrected chi connectivity index (χ3v) is 9.12. The van der Waals surface area contributed by atoms with Gasteiger partial charge in [0.1, 0.15) is 0 Å². The van der Waals surface area contributed by atoms with Crippen molar-refractivity contribution in [2.24, 2.45) is 0 Å². The second-order valence-corrected chi connectivity index (χ2v) is 11.3. The summed E-state index contributed by atoms with van der Waals surface area (Å²) in [6.07, 6.45) is 0. The van der Waals surface area contributed by atoms with Crippen molar-refractivity contribution >= 4 is 54.4 Å². The summed E-state index contributed by atoms with van der Waals surface area (Å²) >= 11 is 0. The number of benzene rings is 7. The van der Waals surface area contributed by atoms with Crippen LogP contribution in [0.1, 0.15) is 0 Å². The van der Waals surface area contributed by atoms with Crippen LogP contribution in [0.2, 0.25) is 0 Å². The van der Waals surface area contributed by atoms with Gasteiger partial charge in [-0.15, -0.1) is 0 Å². The lowest BCUT2D eigenvalue weighted by molar-refractivity contribution is 0.478. The Labute approximate surface area is 247 Å². The molecule has 0 atom stereocenters. The molecule has 0 saturated heterocycles. The van der Waals surface area contributed by atoms with E-state index >= 15 is 0 Å². The van der Waals surface area contributed by atoms with Crippen LogP contribution in [0.4, 0.5) is 0 Å². The lowest BCUT2D eigenvalue weighted by Gasteiger charge is -2.23. The Hall–Kier alpha value is -5.80. The Bertz CT molecular complexity index is 2550. The Morgan fingerprint density at radius 2 is 0.884 bits per heavy atom. The summed E-state index contributed by atoms with van der Waals surface area (Å²) in [6.45, 7) is 0. The van der Waals surface area contributed by atoms with E-state index in [1.54, 1.807) is 0 Å². The van der Waals surface area contributed by atoms with Crippen LogP contribution in [-0.2, 0) is 0 Å². The maximum absolute atomic E-state index is 6.81. The molecule has 10 rings (SSSR count). The molecule has 0 aliphatic carbocycles. The van der Waals surface area contributed by atoms with E-state index in [0.29, 0.717) is 0 Å². The lowest BCUT2D eigenvalue weighted by atomic mass is 9.95. The molecule has 1 aliphatic rings. The zero-order valence-corrected chi connectivity index (χ0v) is 23.2. The molecule has 0 N–H and O–H groups in total. The van der Waals surface area contributed by atoms with Crippen molar-refractivity contribution in [2.75, 3.05) is 0 Å². The minimum Gasteiger partial charge on any atom is -0.452 e. The zero-order valence-electron chi connectivity index (χ0n) is 23.2. The standard InChI is InChI=1S/C40H24N2O/c1-2-12-27-25(11-1)26(23-24-36(27)41-33-16-6-3-13-28(33)29-14-4-7-17-34(29)41)32-22-21-31-30-15-5-8-18-35(30)42-37-19-9-10-20-38(37)43-40(32)39(31)42/h1-24H. The van der Waals surface area contributed by atoms with Crippen LogP contribution < -0.4 is 4.74 Å². The summed E-state index contributed by atoms with van der Waals surface area (Å²) in [4.78, 5) is 0. The van der Waals surface area contributed by atoms with Crippen molar-refractivity contribution in [3.63, 3.8) is 0 Å². The molecule has 0 bridgehead atoms. The molecule has 3 heteroatoms. The molecule has 7 aromatic carbocycles. The maximum Gasteiger partial charge on any atom is 0.160 e. The molecule has 0 spiro atoms. The first-order valence-corrected chi connectivity index (χ1v) is 14.7. The summed E-state index contributed by atoms with van der Waals surface area (Å²) in [5.74, 6) is 1.78. The molecule has 0 amide bonds. The van der Waals surface area contributed by atoms with Crippen LogP contribution in [0.25, 0.3) is 76.9 Å². The van der Waals surface area contributed by atoms with Gasteiger partial charge in [-0.1, -0.05) is 103 Å². The molecule has 1 aliphatic heterocycles. The highest BCUT2D eigenvalue weighted by molar-refractivity contribution is 6.16. The number of ether oxygens (including phenoxy) is 1. The van der Waals surface area contributed by atoms with Gasteiger partial charge in [-0.3, -0.25) is 0 Å². The van der Waals surface area contributed by atoms with Gasteiger partial charge in [0, 0.05) is 32.5 Å². The van der Waals surface area contributed by atoms with E-state index in [9.17, 15) is 0 Å². The number of aromatic nitrogens is 2. The summed E-state index contributed by atoms with van der Waals surface area (Å²) in [6, 6.07) is 52.2. The Morgan fingerprint density at radius 3 is 1.60 bits per heavy atom. The van der Waals surface area contributed by atoms with Gasteiger partial charge in [-0.05, 0) is 53.4 Å². The van der Waals surface area contributed by atoms with E-state index < -0.39 is 0 Å². The Balaban J connectivity index is 1.29. The fourth-order valence-corrected chi connectivity index (χ4v) is 7.33. The largest absolute Gasteiger partial charge is 0.452 e. The normalized spacial score (nSPS) is 12.4. The van der Waals surface area contributed by atoms with Gasteiger partial charge in [-0.25, -0.2) is 0 Å². The van der Waals surface area contributed by atoms with Crippen molar-refractivity contribution in [1.82, 2.24) is 9.13 Å². The molecule has 0 saturated carbocycles. The number of hydrogen-bond donors (Lipinski definition) is 0. The molecule has 9 aromatic rings.